The van der Waals surface area contributed by atoms with E-state index in [1.54, 1.807) is 0 Å². The van der Waals surface area contributed by atoms with Gasteiger partial charge in [0.25, 0.3) is 0 Å². The van der Waals surface area contributed by atoms with E-state index in [1.807, 2.05) is 11.3 Å². The number of piperidine rings is 1. The van der Waals surface area contributed by atoms with E-state index < -0.39 is 0 Å². The zero-order valence-corrected chi connectivity index (χ0v) is 15.2. The summed E-state index contributed by atoms with van der Waals surface area (Å²) < 4.78 is 2.41. The number of thiophene rings is 1. The molecule has 1 aliphatic heterocycles. The fraction of sp³-hybridized carbons (Fsp3) is 0.714. The molecule has 2 atom stereocenters. The number of halogens is 2. The molecule has 2 fully saturated rings. The van der Waals surface area contributed by atoms with Crippen LogP contribution in [0.3, 0.4) is 0 Å². The molecule has 106 valence electrons. The number of hydrogen-bond donors (Lipinski definition) is 1. The number of hydrogen-bond acceptors (Lipinski definition) is 3. The van der Waals surface area contributed by atoms with E-state index in [0.29, 0.717) is 6.04 Å². The Balaban J connectivity index is 1.75. The third kappa shape index (κ3) is 3.43. The highest BCUT2D eigenvalue weighted by Gasteiger charge is 2.33. The minimum Gasteiger partial charge on any atom is -0.314 e. The Morgan fingerprint density at radius 2 is 2.16 bits per heavy atom. The summed E-state index contributed by atoms with van der Waals surface area (Å²) in [5.41, 5.74) is 0. The maximum atomic E-state index is 3.72. The summed E-state index contributed by atoms with van der Waals surface area (Å²) in [6.45, 7) is 2.39. The minimum absolute atomic E-state index is 0.576. The summed E-state index contributed by atoms with van der Waals surface area (Å²) in [4.78, 5) is 4.02. The van der Waals surface area contributed by atoms with E-state index in [-0.39, 0.29) is 0 Å². The van der Waals surface area contributed by atoms with Crippen molar-refractivity contribution in [3.05, 3.63) is 19.2 Å². The van der Waals surface area contributed by atoms with Crippen LogP contribution >= 0.6 is 43.2 Å². The molecule has 2 unspecified atom stereocenters. The molecule has 3 rings (SSSR count). The molecular formula is C14H20Br2N2S. The fourth-order valence-electron chi connectivity index (χ4n) is 3.04. The first-order valence-corrected chi connectivity index (χ1v) is 9.43. The topological polar surface area (TPSA) is 15.3 Å². The van der Waals surface area contributed by atoms with Crippen molar-refractivity contribution in [3.63, 3.8) is 0 Å². The molecule has 2 aliphatic rings. The van der Waals surface area contributed by atoms with E-state index in [1.165, 1.54) is 51.9 Å². The second kappa shape index (κ2) is 6.14. The molecular weight excluding hydrogens is 388 g/mol. The van der Waals surface area contributed by atoms with Gasteiger partial charge in [0.2, 0.25) is 0 Å². The first kappa shape index (κ1) is 14.5. The number of rotatable bonds is 4. The highest BCUT2D eigenvalue weighted by molar-refractivity contribution is 9.13. The predicted molar refractivity (Wildman–Crippen MR) is 88.8 cm³/mol. The molecule has 0 radical (unpaired) electrons. The maximum Gasteiger partial charge on any atom is 0.0843 e. The first-order valence-electron chi connectivity index (χ1n) is 7.03. The summed E-state index contributed by atoms with van der Waals surface area (Å²) in [5, 5.41) is 3.72. The van der Waals surface area contributed by atoms with Gasteiger partial charge < -0.3 is 5.32 Å². The number of nitrogens with zero attached hydrogens (tertiary/aromatic N) is 1. The normalized spacial score (nSPS) is 28.8. The van der Waals surface area contributed by atoms with Gasteiger partial charge in [0, 0.05) is 28.0 Å². The van der Waals surface area contributed by atoms with Crippen LogP contribution in [0.1, 0.15) is 36.6 Å². The molecule has 2 heterocycles. The predicted octanol–water partition coefficient (Wildman–Crippen LogP) is 4.41. The molecule has 0 amide bonds. The molecule has 0 spiro atoms. The lowest BCUT2D eigenvalue weighted by molar-refractivity contribution is 0.122. The molecule has 1 aromatic heterocycles. The molecule has 1 saturated heterocycles. The Morgan fingerprint density at radius 3 is 2.79 bits per heavy atom. The van der Waals surface area contributed by atoms with Crippen LogP contribution in [0.15, 0.2) is 14.3 Å². The molecule has 0 bridgehead atoms. The van der Waals surface area contributed by atoms with Crippen LogP contribution in [0.4, 0.5) is 0 Å². The van der Waals surface area contributed by atoms with Crippen LogP contribution in [0, 0.1) is 5.92 Å². The van der Waals surface area contributed by atoms with Crippen molar-refractivity contribution < 1.29 is 0 Å². The van der Waals surface area contributed by atoms with Crippen LogP contribution in [0.25, 0.3) is 0 Å². The van der Waals surface area contributed by atoms with E-state index in [0.717, 1.165) is 12.0 Å². The monoisotopic (exact) mass is 406 g/mol. The third-order valence-corrected chi connectivity index (χ3v) is 7.54. The van der Waals surface area contributed by atoms with Crippen molar-refractivity contribution in [1.29, 1.82) is 0 Å². The summed E-state index contributed by atoms with van der Waals surface area (Å²) in [6.07, 6.45) is 5.44. The van der Waals surface area contributed by atoms with Gasteiger partial charge in [0.1, 0.15) is 0 Å². The molecule has 2 nitrogen and oxygen atoms in total. The van der Waals surface area contributed by atoms with Crippen molar-refractivity contribution in [3.8, 4) is 0 Å². The quantitative estimate of drug-likeness (QED) is 0.795. The fourth-order valence-corrected chi connectivity index (χ4v) is 5.39. The smallest absolute Gasteiger partial charge is 0.0843 e. The molecule has 1 aromatic rings. The second-order valence-corrected chi connectivity index (χ2v) is 9.04. The van der Waals surface area contributed by atoms with Crippen molar-refractivity contribution in [2.24, 2.45) is 5.92 Å². The average molecular weight is 408 g/mol. The average Bonchev–Trinajstić information content (AvgIpc) is 3.14. The minimum atomic E-state index is 0.576. The standard InChI is InChI=1S/C14H20Br2N2S/c1-18-6-2-3-9(8-17-10-4-5-10)13(18)12-7-11(15)14(16)19-12/h7,9-10,13,17H,2-6,8H2,1H3. The summed E-state index contributed by atoms with van der Waals surface area (Å²) >= 11 is 9.14. The Hall–Kier alpha value is 0.580. The lowest BCUT2D eigenvalue weighted by atomic mass is 9.88. The Bertz CT molecular complexity index is 425. The zero-order chi connectivity index (χ0) is 13.4. The van der Waals surface area contributed by atoms with Crippen LogP contribution in [0.2, 0.25) is 0 Å². The Labute approximate surface area is 136 Å². The van der Waals surface area contributed by atoms with Gasteiger partial charge in [0.05, 0.1) is 3.79 Å². The number of likely N-dealkylation sites (tertiary alicyclic amines) is 1. The van der Waals surface area contributed by atoms with Crippen molar-refractivity contribution in [2.75, 3.05) is 20.1 Å². The summed E-state index contributed by atoms with van der Waals surface area (Å²) in [5.74, 6) is 0.747. The molecule has 1 N–H and O–H groups in total. The van der Waals surface area contributed by atoms with E-state index in [2.05, 4.69) is 55.2 Å². The van der Waals surface area contributed by atoms with E-state index >= 15 is 0 Å². The highest BCUT2D eigenvalue weighted by atomic mass is 79.9. The van der Waals surface area contributed by atoms with Crippen molar-refractivity contribution in [1.82, 2.24) is 10.2 Å². The van der Waals surface area contributed by atoms with Crippen molar-refractivity contribution in [2.45, 2.75) is 37.8 Å². The van der Waals surface area contributed by atoms with Gasteiger partial charge >= 0.3 is 0 Å². The van der Waals surface area contributed by atoms with Crippen LogP contribution in [-0.2, 0) is 0 Å². The van der Waals surface area contributed by atoms with Gasteiger partial charge in [-0.15, -0.1) is 11.3 Å². The largest absolute Gasteiger partial charge is 0.314 e. The van der Waals surface area contributed by atoms with Gasteiger partial charge in [-0.1, -0.05) is 0 Å². The highest BCUT2D eigenvalue weighted by Crippen LogP contribution is 2.42. The van der Waals surface area contributed by atoms with Gasteiger partial charge in [-0.3, -0.25) is 4.90 Å². The number of nitrogens with one attached hydrogen (secondary N) is 1. The lowest BCUT2D eigenvalue weighted by Gasteiger charge is -2.39. The summed E-state index contributed by atoms with van der Waals surface area (Å²) in [7, 11) is 2.27. The van der Waals surface area contributed by atoms with Crippen LogP contribution in [0.5, 0.6) is 0 Å². The summed E-state index contributed by atoms with van der Waals surface area (Å²) in [6, 6.07) is 3.69. The van der Waals surface area contributed by atoms with Crippen LogP contribution < -0.4 is 5.32 Å². The Morgan fingerprint density at radius 1 is 1.37 bits per heavy atom. The van der Waals surface area contributed by atoms with E-state index in [9.17, 15) is 0 Å². The molecule has 1 aliphatic carbocycles. The molecule has 1 saturated carbocycles. The van der Waals surface area contributed by atoms with Crippen molar-refractivity contribution >= 4 is 43.2 Å². The maximum absolute atomic E-state index is 3.72. The second-order valence-electron chi connectivity index (χ2n) is 5.78. The molecule has 0 aromatic carbocycles. The zero-order valence-electron chi connectivity index (χ0n) is 11.2. The van der Waals surface area contributed by atoms with Gasteiger partial charge in [-0.2, -0.15) is 0 Å². The van der Waals surface area contributed by atoms with Gasteiger partial charge in [0.15, 0.2) is 0 Å². The molecule has 5 heteroatoms. The molecule has 19 heavy (non-hydrogen) atoms. The van der Waals surface area contributed by atoms with Gasteiger partial charge in [-0.25, -0.2) is 0 Å². The van der Waals surface area contributed by atoms with E-state index in [4.69, 9.17) is 0 Å². The Kier molecular flexibility index (Phi) is 4.69. The lowest BCUT2D eigenvalue weighted by Crippen LogP contribution is -2.40. The third-order valence-electron chi connectivity index (χ3n) is 4.21. The van der Waals surface area contributed by atoms with Crippen LogP contribution in [-0.4, -0.2) is 31.1 Å². The van der Waals surface area contributed by atoms with Gasteiger partial charge in [-0.05, 0) is 83.1 Å². The SMILES string of the molecule is CN1CCCC(CNC2CC2)C1c1cc(Br)c(Br)s1. The first-order chi connectivity index (χ1) is 9.15.